The van der Waals surface area contributed by atoms with Crippen LogP contribution in [0.15, 0.2) is 0 Å². The molecule has 0 bridgehead atoms. The lowest BCUT2D eigenvalue weighted by Gasteiger charge is -2.21. The van der Waals surface area contributed by atoms with Gasteiger partial charge in [0.1, 0.15) is 5.01 Å². The highest BCUT2D eigenvalue weighted by molar-refractivity contribution is 7.15. The first-order valence-electron chi connectivity index (χ1n) is 6.49. The largest absolute Gasteiger partial charge is 0.469 e. The minimum atomic E-state index is -0.530. The van der Waals surface area contributed by atoms with Gasteiger partial charge in [-0.1, -0.05) is 11.3 Å². The fourth-order valence-corrected chi connectivity index (χ4v) is 2.77. The molecule has 0 aromatic carbocycles. The van der Waals surface area contributed by atoms with Gasteiger partial charge in [-0.2, -0.15) is 0 Å². The van der Waals surface area contributed by atoms with E-state index >= 15 is 0 Å². The van der Waals surface area contributed by atoms with Gasteiger partial charge in [0.05, 0.1) is 19.1 Å². The predicted octanol–water partition coefficient (Wildman–Crippen LogP) is 1.15. The van der Waals surface area contributed by atoms with E-state index in [2.05, 4.69) is 25.6 Å². The molecule has 2 N–H and O–H groups in total. The highest BCUT2D eigenvalue weighted by atomic mass is 35.5. The number of esters is 1. The van der Waals surface area contributed by atoms with Gasteiger partial charge in [-0.15, -0.1) is 22.6 Å². The molecule has 0 saturated carbocycles. The Bertz CT molecular complexity index is 502. The van der Waals surface area contributed by atoms with Gasteiger partial charge in [-0.25, -0.2) is 0 Å². The molecule has 2 rings (SSSR count). The zero-order chi connectivity index (χ0) is 14.6. The molecule has 1 atom stereocenters. The van der Waals surface area contributed by atoms with Gasteiger partial charge in [0, 0.05) is 6.42 Å². The molecular weight excluding hydrogens is 316 g/mol. The SMILES string of the molecule is COC(=O)CCc1nnc(NC(=O)C2(C)CCCN2)s1.Cl. The highest BCUT2D eigenvalue weighted by Gasteiger charge is 2.36. The minimum absolute atomic E-state index is 0. The summed E-state index contributed by atoms with van der Waals surface area (Å²) in [4.78, 5) is 23.2. The van der Waals surface area contributed by atoms with Crippen molar-refractivity contribution in [2.45, 2.75) is 38.1 Å². The van der Waals surface area contributed by atoms with Crippen LogP contribution < -0.4 is 10.6 Å². The number of ether oxygens (including phenoxy) is 1. The van der Waals surface area contributed by atoms with Crippen LogP contribution in [0.5, 0.6) is 0 Å². The van der Waals surface area contributed by atoms with Gasteiger partial charge < -0.3 is 10.1 Å². The summed E-state index contributed by atoms with van der Waals surface area (Å²) in [6, 6.07) is 0. The molecule has 1 aliphatic heterocycles. The second kappa shape index (κ2) is 7.67. The van der Waals surface area contributed by atoms with Crippen LogP contribution in [0.3, 0.4) is 0 Å². The third-order valence-corrected chi connectivity index (χ3v) is 4.23. The number of nitrogens with one attached hydrogen (secondary N) is 2. The van der Waals surface area contributed by atoms with Crippen molar-refractivity contribution in [3.8, 4) is 0 Å². The average molecular weight is 335 g/mol. The van der Waals surface area contributed by atoms with E-state index in [1.54, 1.807) is 0 Å². The summed E-state index contributed by atoms with van der Waals surface area (Å²) in [6.45, 7) is 2.74. The van der Waals surface area contributed by atoms with Gasteiger partial charge >= 0.3 is 5.97 Å². The number of aryl methyl sites for hydroxylation is 1. The number of hydrogen-bond donors (Lipinski definition) is 2. The summed E-state index contributed by atoms with van der Waals surface area (Å²) in [6.07, 6.45) is 2.53. The van der Waals surface area contributed by atoms with Crippen molar-refractivity contribution in [1.29, 1.82) is 0 Å². The van der Waals surface area contributed by atoms with Crippen molar-refractivity contribution in [2.75, 3.05) is 19.0 Å². The summed E-state index contributed by atoms with van der Waals surface area (Å²) in [5, 5.41) is 15.0. The number of methoxy groups -OCH3 is 1. The number of aromatic nitrogens is 2. The Hall–Kier alpha value is -1.25. The Labute approximate surface area is 133 Å². The molecule has 1 fully saturated rings. The van der Waals surface area contributed by atoms with E-state index in [0.29, 0.717) is 16.6 Å². The van der Waals surface area contributed by atoms with Crippen molar-refractivity contribution in [1.82, 2.24) is 15.5 Å². The molecule has 1 aromatic rings. The fraction of sp³-hybridized carbons (Fsp3) is 0.667. The Morgan fingerprint density at radius 1 is 1.48 bits per heavy atom. The molecule has 1 unspecified atom stereocenters. The Morgan fingerprint density at radius 3 is 2.86 bits per heavy atom. The maximum absolute atomic E-state index is 12.1. The van der Waals surface area contributed by atoms with E-state index in [1.165, 1.54) is 18.4 Å². The fourth-order valence-electron chi connectivity index (χ4n) is 2.04. The van der Waals surface area contributed by atoms with Gasteiger partial charge in [0.15, 0.2) is 0 Å². The molecule has 7 nitrogen and oxygen atoms in total. The lowest BCUT2D eigenvalue weighted by molar-refractivity contribution is -0.140. The van der Waals surface area contributed by atoms with E-state index < -0.39 is 5.54 Å². The molecule has 1 amide bonds. The van der Waals surface area contributed by atoms with Crippen LogP contribution in [0.1, 0.15) is 31.2 Å². The Morgan fingerprint density at radius 2 is 2.24 bits per heavy atom. The number of amides is 1. The number of rotatable bonds is 5. The number of carbonyl (C=O) groups excluding carboxylic acids is 2. The first kappa shape index (κ1) is 17.8. The lowest BCUT2D eigenvalue weighted by atomic mass is 10.00. The molecule has 0 spiro atoms. The van der Waals surface area contributed by atoms with Crippen LogP contribution in [-0.4, -0.2) is 41.3 Å². The summed E-state index contributed by atoms with van der Waals surface area (Å²) in [7, 11) is 1.35. The second-order valence-electron chi connectivity index (χ2n) is 4.89. The molecule has 2 heterocycles. The predicted molar refractivity (Wildman–Crippen MR) is 81.8 cm³/mol. The molecule has 1 aliphatic rings. The monoisotopic (exact) mass is 334 g/mol. The quantitative estimate of drug-likeness (QED) is 0.784. The van der Waals surface area contributed by atoms with E-state index in [9.17, 15) is 9.59 Å². The summed E-state index contributed by atoms with van der Waals surface area (Å²) < 4.78 is 4.56. The molecule has 9 heteroatoms. The van der Waals surface area contributed by atoms with Gasteiger partial charge in [-0.3, -0.25) is 14.9 Å². The maximum atomic E-state index is 12.1. The number of anilines is 1. The van der Waals surface area contributed by atoms with E-state index in [0.717, 1.165) is 19.4 Å². The van der Waals surface area contributed by atoms with Crippen LogP contribution in [0.25, 0.3) is 0 Å². The summed E-state index contributed by atoms with van der Waals surface area (Å²) in [5.74, 6) is -0.376. The normalized spacial score (nSPS) is 20.7. The third-order valence-electron chi connectivity index (χ3n) is 3.33. The van der Waals surface area contributed by atoms with Gasteiger partial charge in [-0.05, 0) is 26.3 Å². The number of hydrogen-bond acceptors (Lipinski definition) is 7. The topological polar surface area (TPSA) is 93.2 Å². The number of nitrogens with zero attached hydrogens (tertiary/aromatic N) is 2. The molecule has 1 aromatic heterocycles. The van der Waals surface area contributed by atoms with E-state index in [4.69, 9.17) is 0 Å². The van der Waals surface area contributed by atoms with Crippen molar-refractivity contribution in [2.24, 2.45) is 0 Å². The van der Waals surface area contributed by atoms with Crippen LogP contribution >= 0.6 is 23.7 Å². The summed E-state index contributed by atoms with van der Waals surface area (Å²) in [5.41, 5.74) is -0.530. The standard InChI is InChI=1S/C12H18N4O3S.ClH/c1-12(6-3-7-13-12)10(18)14-11-16-15-8(20-11)4-5-9(17)19-2;/h13H,3-7H2,1-2H3,(H,14,16,18);1H. The Balaban J connectivity index is 0.00000220. The van der Waals surface area contributed by atoms with Gasteiger partial charge in [0.2, 0.25) is 11.0 Å². The molecule has 0 aliphatic carbocycles. The highest BCUT2D eigenvalue weighted by Crippen LogP contribution is 2.22. The molecule has 0 radical (unpaired) electrons. The molecule has 21 heavy (non-hydrogen) atoms. The molecular formula is C12H19ClN4O3S. The minimum Gasteiger partial charge on any atom is -0.469 e. The Kier molecular flexibility index (Phi) is 6.50. The van der Waals surface area contributed by atoms with Crippen molar-refractivity contribution in [3.63, 3.8) is 0 Å². The van der Waals surface area contributed by atoms with Crippen LogP contribution in [0.4, 0.5) is 5.13 Å². The maximum Gasteiger partial charge on any atom is 0.305 e. The average Bonchev–Trinajstić information content (AvgIpc) is 3.06. The third kappa shape index (κ3) is 4.62. The van der Waals surface area contributed by atoms with Gasteiger partial charge in [0.25, 0.3) is 0 Å². The van der Waals surface area contributed by atoms with Crippen molar-refractivity contribution >= 4 is 40.8 Å². The van der Waals surface area contributed by atoms with Crippen molar-refractivity contribution in [3.05, 3.63) is 5.01 Å². The molecule has 118 valence electrons. The van der Waals surface area contributed by atoms with Crippen LogP contribution in [0, 0.1) is 0 Å². The number of carbonyl (C=O) groups is 2. The van der Waals surface area contributed by atoms with E-state index in [-0.39, 0.29) is 30.7 Å². The van der Waals surface area contributed by atoms with Crippen LogP contribution in [-0.2, 0) is 20.7 Å². The van der Waals surface area contributed by atoms with Crippen LogP contribution in [0.2, 0.25) is 0 Å². The first-order valence-corrected chi connectivity index (χ1v) is 7.31. The lowest BCUT2D eigenvalue weighted by Crippen LogP contribution is -2.47. The smallest absolute Gasteiger partial charge is 0.305 e. The first-order chi connectivity index (χ1) is 9.53. The zero-order valence-corrected chi connectivity index (χ0v) is 13.6. The molecule has 1 saturated heterocycles. The number of halogens is 1. The zero-order valence-electron chi connectivity index (χ0n) is 12.0. The van der Waals surface area contributed by atoms with E-state index in [1.807, 2.05) is 6.92 Å². The van der Waals surface area contributed by atoms with Crippen molar-refractivity contribution < 1.29 is 14.3 Å². The summed E-state index contributed by atoms with van der Waals surface area (Å²) >= 11 is 1.28. The second-order valence-corrected chi connectivity index (χ2v) is 5.96.